The first kappa shape index (κ1) is 27.7. The Morgan fingerprint density at radius 1 is 0.944 bits per heavy atom. The Morgan fingerprint density at radius 3 is 2.22 bits per heavy atom. The van der Waals surface area contributed by atoms with E-state index < -0.39 is 15.1 Å². The van der Waals surface area contributed by atoms with Crippen molar-refractivity contribution < 1.29 is 8.42 Å². The quantitative estimate of drug-likeness (QED) is 0.409. The molecular weight excluding hydrogens is 496 g/mol. The highest BCUT2D eigenvalue weighted by atomic mass is 35.5. The van der Waals surface area contributed by atoms with Gasteiger partial charge in [0.1, 0.15) is 5.02 Å². The van der Waals surface area contributed by atoms with E-state index in [9.17, 15) is 8.42 Å². The second-order valence-electron chi connectivity index (χ2n) is 8.57. The number of piperazine rings is 1. The second kappa shape index (κ2) is 12.4. The zero-order chi connectivity index (χ0) is 26.3. The van der Waals surface area contributed by atoms with Crippen LogP contribution in [-0.4, -0.2) is 61.8 Å². The Morgan fingerprint density at radius 2 is 1.58 bits per heavy atom. The number of para-hydroxylation sites is 1. The van der Waals surface area contributed by atoms with Gasteiger partial charge in [-0.2, -0.15) is 4.98 Å². The number of anilines is 5. The zero-order valence-electron chi connectivity index (χ0n) is 21.5. The summed E-state index contributed by atoms with van der Waals surface area (Å²) in [7, 11) is -1.35. The van der Waals surface area contributed by atoms with Crippen LogP contribution in [0.15, 0.2) is 59.6 Å². The molecule has 0 atom stereocenters. The number of sulfone groups is 1. The van der Waals surface area contributed by atoms with Gasteiger partial charge in [-0.15, -0.1) is 0 Å². The van der Waals surface area contributed by atoms with Crippen molar-refractivity contribution in [3.8, 4) is 0 Å². The largest absolute Gasteiger partial charge is 0.369 e. The second-order valence-corrected chi connectivity index (χ2v) is 11.4. The van der Waals surface area contributed by atoms with Gasteiger partial charge in [0.25, 0.3) is 0 Å². The van der Waals surface area contributed by atoms with E-state index in [2.05, 4.69) is 49.6 Å². The van der Waals surface area contributed by atoms with Crippen LogP contribution in [0.4, 0.5) is 28.8 Å². The Bertz CT molecular complexity index is 1240. The van der Waals surface area contributed by atoms with Crippen molar-refractivity contribution in [2.75, 3.05) is 48.8 Å². The van der Waals surface area contributed by atoms with Crippen LogP contribution in [-0.2, 0) is 9.84 Å². The van der Waals surface area contributed by atoms with Gasteiger partial charge in [0.15, 0.2) is 15.7 Å². The van der Waals surface area contributed by atoms with Crippen molar-refractivity contribution in [1.29, 1.82) is 0 Å². The van der Waals surface area contributed by atoms with Crippen molar-refractivity contribution in [3.05, 3.63) is 59.8 Å². The highest BCUT2D eigenvalue weighted by Crippen LogP contribution is 2.30. The summed E-state index contributed by atoms with van der Waals surface area (Å²) in [5.74, 6) is 0.670. The summed E-state index contributed by atoms with van der Waals surface area (Å²) in [4.78, 5) is 13.6. The van der Waals surface area contributed by atoms with E-state index in [0.29, 0.717) is 17.5 Å². The third-order valence-corrected chi connectivity index (χ3v) is 8.29. The smallest absolute Gasteiger partial charge is 0.229 e. The number of hydrogen-bond acceptors (Lipinski definition) is 8. The number of nitrogens with zero attached hydrogens (tertiary/aromatic N) is 4. The van der Waals surface area contributed by atoms with Crippen molar-refractivity contribution in [2.45, 2.75) is 37.8 Å². The van der Waals surface area contributed by atoms with Crippen LogP contribution in [0.5, 0.6) is 0 Å². The molecule has 36 heavy (non-hydrogen) atoms. The molecule has 0 bridgehead atoms. The van der Waals surface area contributed by atoms with Crippen molar-refractivity contribution in [3.63, 3.8) is 0 Å². The lowest BCUT2D eigenvalue weighted by molar-refractivity contribution is 0.313. The van der Waals surface area contributed by atoms with Crippen LogP contribution in [0.2, 0.25) is 5.02 Å². The molecule has 3 aromatic rings. The normalized spacial score (nSPS) is 14.2. The van der Waals surface area contributed by atoms with Crippen LogP contribution in [0.3, 0.4) is 0 Å². The van der Waals surface area contributed by atoms with Crippen LogP contribution in [0.1, 0.15) is 27.7 Å². The average molecular weight is 531 g/mol. The first-order valence-corrected chi connectivity index (χ1v) is 14.1. The Kier molecular flexibility index (Phi) is 9.53. The first-order valence-electron chi connectivity index (χ1n) is 12.2. The predicted octanol–water partition coefficient (Wildman–Crippen LogP) is 5.58. The lowest BCUT2D eigenvalue weighted by Gasteiger charge is -2.34. The molecule has 10 heteroatoms. The highest BCUT2D eigenvalue weighted by Gasteiger charge is 2.23. The molecule has 1 saturated heterocycles. The van der Waals surface area contributed by atoms with Gasteiger partial charge in [-0.25, -0.2) is 13.4 Å². The van der Waals surface area contributed by atoms with Gasteiger partial charge in [0.05, 0.1) is 22.0 Å². The molecule has 0 saturated carbocycles. The van der Waals surface area contributed by atoms with Crippen molar-refractivity contribution >= 4 is 50.3 Å². The zero-order valence-corrected chi connectivity index (χ0v) is 23.1. The van der Waals surface area contributed by atoms with E-state index in [4.69, 9.17) is 11.6 Å². The molecule has 194 valence electrons. The standard InChI is InChI=1S/C24H29ClN6O2S.C2H6/c1-17(2)34(32,33)22-7-5-4-6-21(22)28-23-20(25)16-26-24(29-23)27-18-8-10-19(11-9-18)31-14-12-30(3)13-15-31;1-2/h4-11,16-17H,12-15H2,1-3H3,(H2,26,27,28,29);1-2H3. The maximum Gasteiger partial charge on any atom is 0.229 e. The van der Waals surface area contributed by atoms with Crippen LogP contribution >= 0.6 is 11.6 Å². The molecule has 8 nitrogen and oxygen atoms in total. The average Bonchev–Trinajstić information content (AvgIpc) is 2.88. The Labute approximate surface area is 219 Å². The molecule has 0 unspecified atom stereocenters. The van der Waals surface area contributed by atoms with Gasteiger partial charge in [0.2, 0.25) is 5.95 Å². The van der Waals surface area contributed by atoms with Crippen molar-refractivity contribution in [1.82, 2.24) is 14.9 Å². The molecule has 1 fully saturated rings. The molecule has 1 aromatic heterocycles. The SMILES string of the molecule is CC.CC(C)S(=O)(=O)c1ccccc1Nc1nc(Nc2ccc(N3CCN(C)CC3)cc2)ncc1Cl. The van der Waals surface area contributed by atoms with E-state index >= 15 is 0 Å². The number of hydrogen-bond donors (Lipinski definition) is 2. The molecule has 2 N–H and O–H groups in total. The van der Waals surface area contributed by atoms with Crippen molar-refractivity contribution in [2.24, 2.45) is 0 Å². The fraction of sp³-hybridized carbons (Fsp3) is 0.385. The van der Waals surface area contributed by atoms with Gasteiger partial charge in [-0.1, -0.05) is 37.6 Å². The maximum absolute atomic E-state index is 12.8. The number of nitrogens with one attached hydrogen (secondary N) is 2. The van der Waals surface area contributed by atoms with Gasteiger partial charge in [0, 0.05) is 37.6 Å². The summed E-state index contributed by atoms with van der Waals surface area (Å²) < 4.78 is 25.5. The molecule has 1 aliphatic rings. The first-order chi connectivity index (χ1) is 17.2. The summed E-state index contributed by atoms with van der Waals surface area (Å²) in [5.41, 5.74) is 2.44. The molecule has 0 radical (unpaired) electrons. The number of rotatable bonds is 7. The summed E-state index contributed by atoms with van der Waals surface area (Å²) in [6.07, 6.45) is 1.48. The third kappa shape index (κ3) is 6.66. The lowest BCUT2D eigenvalue weighted by Crippen LogP contribution is -2.44. The number of aromatic nitrogens is 2. The number of halogens is 1. The van der Waals surface area contributed by atoms with E-state index in [0.717, 1.165) is 31.9 Å². The van der Waals surface area contributed by atoms with E-state index in [1.165, 1.54) is 11.9 Å². The maximum atomic E-state index is 12.8. The minimum atomic E-state index is -3.49. The number of benzene rings is 2. The summed E-state index contributed by atoms with van der Waals surface area (Å²) in [6.45, 7) is 11.4. The predicted molar refractivity (Wildman–Crippen MR) is 150 cm³/mol. The highest BCUT2D eigenvalue weighted by molar-refractivity contribution is 7.92. The summed E-state index contributed by atoms with van der Waals surface area (Å²) >= 11 is 6.32. The minimum absolute atomic E-state index is 0.202. The minimum Gasteiger partial charge on any atom is -0.369 e. The fourth-order valence-corrected chi connectivity index (χ4v) is 5.00. The topological polar surface area (TPSA) is 90.5 Å². The van der Waals surface area contributed by atoms with Gasteiger partial charge in [-0.3, -0.25) is 0 Å². The Balaban J connectivity index is 0.00000176. The van der Waals surface area contributed by atoms with Crippen LogP contribution in [0.25, 0.3) is 0 Å². The molecule has 2 aromatic carbocycles. The van der Waals surface area contributed by atoms with Gasteiger partial charge < -0.3 is 20.4 Å². The van der Waals surface area contributed by atoms with Crippen LogP contribution in [0, 0.1) is 0 Å². The van der Waals surface area contributed by atoms with E-state index in [1.807, 2.05) is 26.0 Å². The molecule has 4 rings (SSSR count). The molecule has 0 amide bonds. The fourth-order valence-electron chi connectivity index (χ4n) is 3.66. The summed E-state index contributed by atoms with van der Waals surface area (Å²) in [6, 6.07) is 14.9. The summed E-state index contributed by atoms with van der Waals surface area (Å²) in [5, 5.41) is 5.99. The lowest BCUT2D eigenvalue weighted by atomic mass is 10.2. The van der Waals surface area contributed by atoms with E-state index in [-0.39, 0.29) is 9.92 Å². The third-order valence-electron chi connectivity index (χ3n) is 5.80. The molecule has 0 spiro atoms. The van der Waals surface area contributed by atoms with Gasteiger partial charge >= 0.3 is 0 Å². The molecule has 2 heterocycles. The number of likely N-dealkylation sites (N-methyl/N-ethyl adjacent to an activating group) is 1. The molecule has 1 aliphatic heterocycles. The monoisotopic (exact) mass is 530 g/mol. The van der Waals surface area contributed by atoms with E-state index in [1.54, 1.807) is 38.1 Å². The molecular formula is C26H35ClN6O2S. The van der Waals surface area contributed by atoms with Crippen LogP contribution < -0.4 is 15.5 Å². The van der Waals surface area contributed by atoms with Gasteiger partial charge in [-0.05, 0) is 57.3 Å². The Hall–Kier alpha value is -2.88. The molecule has 0 aliphatic carbocycles.